The van der Waals surface area contributed by atoms with Gasteiger partial charge in [-0.05, 0) is 43.7 Å². The van der Waals surface area contributed by atoms with Gasteiger partial charge in [0.2, 0.25) is 0 Å². The van der Waals surface area contributed by atoms with Crippen LogP contribution in [0.1, 0.15) is 12.5 Å². The van der Waals surface area contributed by atoms with Crippen molar-refractivity contribution in [3.05, 3.63) is 67.0 Å². The highest BCUT2D eigenvalue weighted by Crippen LogP contribution is 2.30. The second kappa shape index (κ2) is 6.94. The van der Waals surface area contributed by atoms with Gasteiger partial charge in [-0.15, -0.1) is 0 Å². The summed E-state index contributed by atoms with van der Waals surface area (Å²) < 4.78 is 1.96. The maximum absolute atomic E-state index is 4.69. The minimum Gasteiger partial charge on any atom is -0.339 e. The fourth-order valence-electron chi connectivity index (χ4n) is 3.49. The Labute approximate surface area is 167 Å². The van der Waals surface area contributed by atoms with Crippen LogP contribution in [0.2, 0.25) is 0 Å². The number of hydrogen-bond acceptors (Lipinski definition) is 5. The zero-order chi connectivity index (χ0) is 19.8. The van der Waals surface area contributed by atoms with Gasteiger partial charge in [0.15, 0.2) is 0 Å². The molecule has 7 heteroatoms. The van der Waals surface area contributed by atoms with Crippen molar-refractivity contribution in [2.24, 2.45) is 0 Å². The number of rotatable bonds is 4. The van der Waals surface area contributed by atoms with Crippen molar-refractivity contribution in [2.45, 2.75) is 20.4 Å². The lowest BCUT2D eigenvalue weighted by molar-refractivity contribution is 0.669. The van der Waals surface area contributed by atoms with Crippen molar-refractivity contribution in [2.75, 3.05) is 0 Å². The van der Waals surface area contributed by atoms with E-state index in [1.54, 1.807) is 24.8 Å². The summed E-state index contributed by atoms with van der Waals surface area (Å²) in [6, 6.07) is 8.30. The molecule has 0 fully saturated rings. The van der Waals surface area contributed by atoms with Crippen LogP contribution in [0.5, 0.6) is 0 Å². The number of H-pyrrole nitrogens is 1. The Morgan fingerprint density at radius 3 is 2.62 bits per heavy atom. The van der Waals surface area contributed by atoms with Gasteiger partial charge in [-0.2, -0.15) is 5.10 Å². The third-order valence-corrected chi connectivity index (χ3v) is 5.00. The summed E-state index contributed by atoms with van der Waals surface area (Å²) in [5, 5.41) is 5.74. The summed E-state index contributed by atoms with van der Waals surface area (Å²) in [7, 11) is 0. The average Bonchev–Trinajstić information content (AvgIpc) is 3.38. The second-order valence-electron chi connectivity index (χ2n) is 6.86. The SMILES string of the molecule is CCn1nc(-c2cnccn2)cc1-c1cnc2[nH]c(-c3cnccc3C)cc2c1. The standard InChI is InChI=1S/C22H19N7/c1-3-29-21(10-19(28-29)20-13-24-6-7-25-20)16-8-15-9-18(27-22(15)26-11-16)17-12-23-5-4-14(17)2/h4-13H,3H2,1-2H3,(H,26,27). The molecule has 0 saturated carbocycles. The minimum atomic E-state index is 0.751. The van der Waals surface area contributed by atoms with E-state index < -0.39 is 0 Å². The first-order valence-corrected chi connectivity index (χ1v) is 9.47. The van der Waals surface area contributed by atoms with Gasteiger partial charge in [0, 0.05) is 59.7 Å². The molecular weight excluding hydrogens is 362 g/mol. The van der Waals surface area contributed by atoms with Gasteiger partial charge in [-0.3, -0.25) is 19.6 Å². The van der Waals surface area contributed by atoms with Crippen LogP contribution in [0.15, 0.2) is 61.4 Å². The van der Waals surface area contributed by atoms with Gasteiger partial charge in [0.05, 0.1) is 11.9 Å². The van der Waals surface area contributed by atoms with Crippen molar-refractivity contribution < 1.29 is 0 Å². The lowest BCUT2D eigenvalue weighted by Crippen LogP contribution is -1.99. The highest BCUT2D eigenvalue weighted by molar-refractivity contribution is 5.87. The van der Waals surface area contributed by atoms with Crippen LogP contribution in [-0.4, -0.2) is 34.7 Å². The quantitative estimate of drug-likeness (QED) is 0.502. The van der Waals surface area contributed by atoms with Crippen LogP contribution < -0.4 is 0 Å². The van der Waals surface area contributed by atoms with E-state index in [1.165, 1.54) is 5.56 Å². The molecule has 0 unspecified atom stereocenters. The van der Waals surface area contributed by atoms with Gasteiger partial charge >= 0.3 is 0 Å². The normalized spacial score (nSPS) is 11.2. The van der Waals surface area contributed by atoms with Crippen molar-refractivity contribution in [3.8, 4) is 33.9 Å². The lowest BCUT2D eigenvalue weighted by atomic mass is 10.1. The van der Waals surface area contributed by atoms with Crippen molar-refractivity contribution in [3.63, 3.8) is 0 Å². The van der Waals surface area contributed by atoms with Crippen LogP contribution in [0, 0.1) is 6.92 Å². The van der Waals surface area contributed by atoms with Crippen molar-refractivity contribution in [1.29, 1.82) is 0 Å². The van der Waals surface area contributed by atoms with Crippen LogP contribution in [0.4, 0.5) is 0 Å². The molecular formula is C22H19N7. The molecule has 5 heterocycles. The van der Waals surface area contributed by atoms with Crippen molar-refractivity contribution >= 4 is 11.0 Å². The maximum atomic E-state index is 4.69. The van der Waals surface area contributed by atoms with Gasteiger partial charge in [0.1, 0.15) is 17.0 Å². The first-order chi connectivity index (χ1) is 14.2. The van der Waals surface area contributed by atoms with Crippen LogP contribution in [-0.2, 0) is 6.54 Å². The minimum absolute atomic E-state index is 0.751. The predicted octanol–water partition coefficient (Wildman–Crippen LogP) is 4.27. The topological polar surface area (TPSA) is 85.2 Å². The summed E-state index contributed by atoms with van der Waals surface area (Å²) in [5.41, 5.74) is 7.68. The molecule has 5 aromatic rings. The van der Waals surface area contributed by atoms with E-state index in [0.717, 1.165) is 51.5 Å². The first-order valence-electron chi connectivity index (χ1n) is 9.47. The Hall–Kier alpha value is -3.87. The van der Waals surface area contributed by atoms with Crippen LogP contribution in [0.25, 0.3) is 44.9 Å². The Kier molecular flexibility index (Phi) is 4.13. The summed E-state index contributed by atoms with van der Waals surface area (Å²) in [5.74, 6) is 0. The Morgan fingerprint density at radius 1 is 0.931 bits per heavy atom. The summed E-state index contributed by atoms with van der Waals surface area (Å²) in [6.07, 6.45) is 10.6. The van der Waals surface area contributed by atoms with E-state index >= 15 is 0 Å². The van der Waals surface area contributed by atoms with E-state index in [2.05, 4.69) is 50.9 Å². The second-order valence-corrected chi connectivity index (χ2v) is 6.86. The molecule has 0 bridgehead atoms. The van der Waals surface area contributed by atoms with E-state index in [9.17, 15) is 0 Å². The molecule has 7 nitrogen and oxygen atoms in total. The molecule has 29 heavy (non-hydrogen) atoms. The van der Waals surface area contributed by atoms with E-state index in [0.29, 0.717) is 0 Å². The molecule has 0 amide bonds. The van der Waals surface area contributed by atoms with Gasteiger partial charge < -0.3 is 4.98 Å². The van der Waals surface area contributed by atoms with Gasteiger partial charge in [-0.1, -0.05) is 0 Å². The molecule has 0 aliphatic rings. The number of aryl methyl sites for hydroxylation is 2. The fourth-order valence-corrected chi connectivity index (χ4v) is 3.49. The van der Waals surface area contributed by atoms with E-state index in [1.807, 2.05) is 29.2 Å². The largest absolute Gasteiger partial charge is 0.339 e. The molecule has 1 N–H and O–H groups in total. The first kappa shape index (κ1) is 17.2. The number of aromatic nitrogens is 7. The number of pyridine rings is 2. The fraction of sp³-hybridized carbons (Fsp3) is 0.136. The van der Waals surface area contributed by atoms with Crippen LogP contribution >= 0.6 is 0 Å². The predicted molar refractivity (Wildman–Crippen MR) is 112 cm³/mol. The monoisotopic (exact) mass is 381 g/mol. The number of fused-ring (bicyclic) bond motifs is 1. The van der Waals surface area contributed by atoms with Gasteiger partial charge in [0.25, 0.3) is 0 Å². The number of aromatic amines is 1. The lowest BCUT2D eigenvalue weighted by Gasteiger charge is -2.04. The summed E-state index contributed by atoms with van der Waals surface area (Å²) >= 11 is 0. The summed E-state index contributed by atoms with van der Waals surface area (Å²) in [6.45, 7) is 4.90. The molecule has 142 valence electrons. The van der Waals surface area contributed by atoms with E-state index in [4.69, 9.17) is 5.10 Å². The third-order valence-electron chi connectivity index (χ3n) is 5.00. The molecule has 0 aromatic carbocycles. The third kappa shape index (κ3) is 3.06. The van der Waals surface area contributed by atoms with Crippen LogP contribution in [0.3, 0.4) is 0 Å². The molecule has 5 rings (SSSR count). The zero-order valence-electron chi connectivity index (χ0n) is 16.2. The molecule has 0 saturated heterocycles. The summed E-state index contributed by atoms with van der Waals surface area (Å²) in [4.78, 5) is 20.8. The molecule has 0 spiro atoms. The molecule has 0 radical (unpaired) electrons. The highest BCUT2D eigenvalue weighted by Gasteiger charge is 2.14. The van der Waals surface area contributed by atoms with Crippen molar-refractivity contribution in [1.82, 2.24) is 34.7 Å². The number of hydrogen-bond donors (Lipinski definition) is 1. The smallest absolute Gasteiger partial charge is 0.137 e. The highest BCUT2D eigenvalue weighted by atomic mass is 15.3. The molecule has 0 aliphatic heterocycles. The number of nitrogens with zero attached hydrogens (tertiary/aromatic N) is 6. The Bertz CT molecular complexity index is 1300. The zero-order valence-corrected chi connectivity index (χ0v) is 16.2. The number of nitrogens with one attached hydrogen (secondary N) is 1. The Balaban J connectivity index is 1.59. The molecule has 0 atom stereocenters. The molecule has 5 aromatic heterocycles. The average molecular weight is 381 g/mol. The molecule has 0 aliphatic carbocycles. The van der Waals surface area contributed by atoms with E-state index in [-0.39, 0.29) is 0 Å². The van der Waals surface area contributed by atoms with Gasteiger partial charge in [-0.25, -0.2) is 4.98 Å². The Morgan fingerprint density at radius 2 is 1.83 bits per heavy atom. The maximum Gasteiger partial charge on any atom is 0.137 e.